The third-order valence-electron chi connectivity index (χ3n) is 9.16. The Kier molecular flexibility index (Phi) is 3.63. The highest BCUT2D eigenvalue weighted by Gasteiger charge is 2.76. The van der Waals surface area contributed by atoms with E-state index in [0.29, 0.717) is 37.5 Å². The number of carbonyl (C=O) groups excluding carboxylic acids is 2. The molecular formula is C22H28O7. The van der Waals surface area contributed by atoms with Gasteiger partial charge in [0.1, 0.15) is 23.8 Å². The topological polar surface area (TPSA) is 80.3 Å². The van der Waals surface area contributed by atoms with Gasteiger partial charge in [-0.2, -0.15) is 0 Å². The van der Waals surface area contributed by atoms with E-state index in [1.165, 1.54) is 0 Å². The molecule has 29 heavy (non-hydrogen) atoms. The maximum absolute atomic E-state index is 13.7. The second-order valence-electron chi connectivity index (χ2n) is 10.1. The molecule has 0 amide bonds. The van der Waals surface area contributed by atoms with Gasteiger partial charge in [-0.25, -0.2) is 0 Å². The van der Waals surface area contributed by atoms with Crippen molar-refractivity contribution in [2.75, 3.05) is 20.2 Å². The molecule has 7 heteroatoms. The van der Waals surface area contributed by atoms with Crippen LogP contribution in [0.2, 0.25) is 0 Å². The molecule has 7 atom stereocenters. The Morgan fingerprint density at radius 2 is 1.90 bits per heavy atom. The van der Waals surface area contributed by atoms with Crippen LogP contribution in [0.5, 0.6) is 0 Å². The Morgan fingerprint density at radius 3 is 2.69 bits per heavy atom. The molecule has 0 radical (unpaired) electrons. The molecule has 3 heterocycles. The zero-order valence-corrected chi connectivity index (χ0v) is 17.0. The monoisotopic (exact) mass is 404 g/mol. The predicted octanol–water partition coefficient (Wildman–Crippen LogP) is 2.68. The number of allylic oxidation sites excluding steroid dienone is 2. The van der Waals surface area contributed by atoms with E-state index in [2.05, 4.69) is 19.9 Å². The summed E-state index contributed by atoms with van der Waals surface area (Å²) in [5, 5.41) is 0. The second kappa shape index (κ2) is 5.69. The summed E-state index contributed by atoms with van der Waals surface area (Å²) < 4.78 is 29.4. The maximum Gasteiger partial charge on any atom is 0.310 e. The molecule has 158 valence electrons. The minimum atomic E-state index is -0.913. The molecule has 2 spiro atoms. The van der Waals surface area contributed by atoms with Gasteiger partial charge >= 0.3 is 5.97 Å². The Morgan fingerprint density at radius 1 is 1.07 bits per heavy atom. The molecule has 6 rings (SSSR count). The van der Waals surface area contributed by atoms with Crippen molar-refractivity contribution in [1.82, 2.24) is 0 Å². The van der Waals surface area contributed by atoms with Crippen molar-refractivity contribution in [2.45, 2.75) is 63.8 Å². The highest BCUT2D eigenvalue weighted by molar-refractivity contribution is 5.86. The minimum absolute atomic E-state index is 0.108. The SMILES string of the molecule is C[C@]12CCC(=O)OC1=CC[C@@H]1[C@H]3CC[C@]4(OCO[C@]45COCO5)[C@@]3(C)CC(=O)[C@@H]12. The fourth-order valence-corrected chi connectivity index (χ4v) is 7.88. The number of rotatable bonds is 0. The smallest absolute Gasteiger partial charge is 0.310 e. The van der Waals surface area contributed by atoms with E-state index < -0.39 is 11.4 Å². The van der Waals surface area contributed by atoms with Crippen LogP contribution in [-0.2, 0) is 33.3 Å². The standard InChI is InChI=1S/C22H28O7/c1-19-7-6-17(24)29-16(19)4-3-13-14-5-8-21(20(14,2)9-15(23)18(13)19)22(28-12-26-21)10-25-11-27-22/h4,13-14,18H,3,5-12H2,1-2H3/t13-,14-,18-,19+,20+,21+,22-/m1/s1. The van der Waals surface area contributed by atoms with Crippen LogP contribution >= 0.6 is 0 Å². The van der Waals surface area contributed by atoms with Crippen LogP contribution in [0.3, 0.4) is 0 Å². The lowest BCUT2D eigenvalue weighted by molar-refractivity contribution is -0.246. The van der Waals surface area contributed by atoms with Gasteiger partial charge in [-0.05, 0) is 43.6 Å². The Labute approximate surface area is 170 Å². The Hall–Kier alpha value is -1.28. The fraction of sp³-hybridized carbons (Fsp3) is 0.818. The fourth-order valence-electron chi connectivity index (χ4n) is 7.88. The quantitative estimate of drug-likeness (QED) is 0.574. The first kappa shape index (κ1) is 18.5. The third kappa shape index (κ3) is 2.03. The molecule has 0 bridgehead atoms. The van der Waals surface area contributed by atoms with Gasteiger partial charge in [0.15, 0.2) is 13.6 Å². The average molecular weight is 404 g/mol. The van der Waals surface area contributed by atoms with Gasteiger partial charge in [0.05, 0.1) is 0 Å². The van der Waals surface area contributed by atoms with Crippen LogP contribution in [0.25, 0.3) is 0 Å². The van der Waals surface area contributed by atoms with E-state index in [-0.39, 0.29) is 48.0 Å². The molecule has 7 nitrogen and oxygen atoms in total. The van der Waals surface area contributed by atoms with Crippen molar-refractivity contribution < 1.29 is 33.3 Å². The lowest BCUT2D eigenvalue weighted by Gasteiger charge is -2.57. The molecule has 0 aromatic rings. The number of fused-ring (bicyclic) bond motifs is 7. The maximum atomic E-state index is 13.7. The Bertz CT molecular complexity index is 808. The highest BCUT2D eigenvalue weighted by atomic mass is 16.9. The molecule has 0 N–H and O–H groups in total. The normalized spacial score (nSPS) is 53.6. The van der Waals surface area contributed by atoms with E-state index in [1.54, 1.807) is 0 Å². The number of esters is 1. The first-order chi connectivity index (χ1) is 13.9. The van der Waals surface area contributed by atoms with Crippen LogP contribution < -0.4 is 0 Å². The lowest BCUT2D eigenvalue weighted by Crippen LogP contribution is -2.65. The van der Waals surface area contributed by atoms with E-state index in [0.717, 1.165) is 19.3 Å². The van der Waals surface area contributed by atoms with Gasteiger partial charge in [0.2, 0.25) is 5.79 Å². The van der Waals surface area contributed by atoms with Crippen LogP contribution in [0.1, 0.15) is 52.4 Å². The summed E-state index contributed by atoms with van der Waals surface area (Å²) in [4.78, 5) is 25.6. The average Bonchev–Trinajstić information content (AvgIpc) is 3.37. The Balaban J connectivity index is 1.42. The largest absolute Gasteiger partial charge is 0.431 e. The molecular weight excluding hydrogens is 376 g/mol. The van der Waals surface area contributed by atoms with Gasteiger partial charge in [-0.3, -0.25) is 9.59 Å². The second-order valence-corrected chi connectivity index (χ2v) is 10.1. The number of ether oxygens (including phenoxy) is 5. The van der Waals surface area contributed by atoms with E-state index in [9.17, 15) is 9.59 Å². The minimum Gasteiger partial charge on any atom is -0.431 e. The molecule has 2 saturated carbocycles. The van der Waals surface area contributed by atoms with Crippen LogP contribution in [-0.4, -0.2) is 43.3 Å². The molecule has 3 aliphatic carbocycles. The molecule has 0 aromatic heterocycles. The molecule has 3 saturated heterocycles. The van der Waals surface area contributed by atoms with Crippen LogP contribution in [0, 0.1) is 28.6 Å². The summed E-state index contributed by atoms with van der Waals surface area (Å²) in [6.07, 6.45) is 6.09. The summed E-state index contributed by atoms with van der Waals surface area (Å²) >= 11 is 0. The lowest BCUT2D eigenvalue weighted by atomic mass is 9.48. The summed E-state index contributed by atoms with van der Waals surface area (Å²) in [5.41, 5.74) is -1.42. The van der Waals surface area contributed by atoms with E-state index in [4.69, 9.17) is 23.7 Å². The van der Waals surface area contributed by atoms with Crippen molar-refractivity contribution in [1.29, 1.82) is 0 Å². The first-order valence-electron chi connectivity index (χ1n) is 10.8. The van der Waals surface area contributed by atoms with Crippen LogP contribution in [0.4, 0.5) is 0 Å². The van der Waals surface area contributed by atoms with Crippen molar-refractivity contribution in [3.8, 4) is 0 Å². The number of Topliss-reactive ketones (excluding diaryl/α,β-unsaturated/α-hetero) is 1. The van der Waals surface area contributed by atoms with Crippen molar-refractivity contribution >= 4 is 11.8 Å². The van der Waals surface area contributed by atoms with Gasteiger partial charge in [0, 0.05) is 29.6 Å². The number of hydrogen-bond donors (Lipinski definition) is 0. The van der Waals surface area contributed by atoms with Gasteiger partial charge in [-0.15, -0.1) is 0 Å². The zero-order chi connectivity index (χ0) is 20.1. The van der Waals surface area contributed by atoms with Gasteiger partial charge in [0.25, 0.3) is 0 Å². The molecule has 0 unspecified atom stereocenters. The van der Waals surface area contributed by atoms with Crippen molar-refractivity contribution in [3.63, 3.8) is 0 Å². The zero-order valence-electron chi connectivity index (χ0n) is 17.0. The summed E-state index contributed by atoms with van der Waals surface area (Å²) in [6, 6.07) is 0. The summed E-state index contributed by atoms with van der Waals surface area (Å²) in [5.74, 6) is 0.299. The summed E-state index contributed by atoms with van der Waals surface area (Å²) in [6.45, 7) is 5.01. The van der Waals surface area contributed by atoms with Crippen LogP contribution in [0.15, 0.2) is 11.8 Å². The first-order valence-corrected chi connectivity index (χ1v) is 10.8. The van der Waals surface area contributed by atoms with Gasteiger partial charge < -0.3 is 23.7 Å². The molecule has 3 aliphatic heterocycles. The summed E-state index contributed by atoms with van der Waals surface area (Å²) in [7, 11) is 0. The van der Waals surface area contributed by atoms with E-state index >= 15 is 0 Å². The van der Waals surface area contributed by atoms with Crippen molar-refractivity contribution in [3.05, 3.63) is 11.8 Å². The van der Waals surface area contributed by atoms with Gasteiger partial charge in [-0.1, -0.05) is 13.8 Å². The molecule has 5 fully saturated rings. The number of carbonyl (C=O) groups is 2. The molecule has 6 aliphatic rings. The molecule has 0 aromatic carbocycles. The van der Waals surface area contributed by atoms with E-state index in [1.807, 2.05) is 0 Å². The third-order valence-corrected chi connectivity index (χ3v) is 9.16. The predicted molar refractivity (Wildman–Crippen MR) is 98.0 cm³/mol. The highest BCUT2D eigenvalue weighted by Crippen LogP contribution is 2.70. The van der Waals surface area contributed by atoms with Crippen molar-refractivity contribution in [2.24, 2.45) is 28.6 Å². The number of ketones is 1. The number of hydrogen-bond acceptors (Lipinski definition) is 7.